The first-order chi connectivity index (χ1) is 18.9. The molecule has 1 N–H and O–H groups in total. The van der Waals surface area contributed by atoms with Crippen molar-refractivity contribution >= 4 is 32.1 Å². The van der Waals surface area contributed by atoms with Gasteiger partial charge < -0.3 is 15.0 Å². The molecule has 1 fully saturated rings. The lowest BCUT2D eigenvalue weighted by atomic mass is 10.0. The number of benzene rings is 3. The van der Waals surface area contributed by atoms with E-state index in [9.17, 15) is 18.0 Å². The number of piperazine rings is 1. The third-order valence-electron chi connectivity index (χ3n) is 7.14. The van der Waals surface area contributed by atoms with Crippen molar-refractivity contribution in [1.82, 2.24) is 10.2 Å². The molecule has 0 radical (unpaired) electrons. The van der Waals surface area contributed by atoms with Crippen LogP contribution in [0.15, 0.2) is 83.8 Å². The lowest BCUT2D eigenvalue weighted by Crippen LogP contribution is -2.47. The summed E-state index contributed by atoms with van der Waals surface area (Å²) in [5.74, 6) is -0.0639. The molecular formula is C30H31N3O5S. The number of hydrogen-bond acceptors (Lipinski definition) is 7. The number of sulfone groups is 1. The lowest BCUT2D eigenvalue weighted by molar-refractivity contribution is 0.0948. The van der Waals surface area contributed by atoms with Gasteiger partial charge in [0.15, 0.2) is 5.78 Å². The van der Waals surface area contributed by atoms with Crippen LogP contribution in [0.1, 0.15) is 32.7 Å². The zero-order chi connectivity index (χ0) is 27.4. The van der Waals surface area contributed by atoms with E-state index >= 15 is 0 Å². The number of ether oxygens (including phenoxy) is 1. The first-order valence-electron chi connectivity index (χ1n) is 13.0. The summed E-state index contributed by atoms with van der Waals surface area (Å²) in [6.45, 7) is 4.76. The molecule has 0 spiro atoms. The Kier molecular flexibility index (Phi) is 7.81. The van der Waals surface area contributed by atoms with E-state index in [4.69, 9.17) is 4.74 Å². The van der Waals surface area contributed by atoms with Gasteiger partial charge in [-0.15, -0.1) is 0 Å². The number of fused-ring (bicyclic) bond motifs is 1. The number of hydrogen-bond donors (Lipinski definition) is 1. The maximum atomic E-state index is 13.6. The number of carbonyl (C=O) groups is 2. The third-order valence-corrected chi connectivity index (χ3v) is 9.05. The summed E-state index contributed by atoms with van der Waals surface area (Å²) < 4.78 is 32.6. The fourth-order valence-electron chi connectivity index (χ4n) is 5.13. The first kappa shape index (κ1) is 26.6. The van der Waals surface area contributed by atoms with Gasteiger partial charge in [-0.1, -0.05) is 48.5 Å². The van der Waals surface area contributed by atoms with E-state index < -0.39 is 21.5 Å². The highest BCUT2D eigenvalue weighted by Crippen LogP contribution is 2.37. The van der Waals surface area contributed by atoms with Crippen molar-refractivity contribution in [2.24, 2.45) is 0 Å². The molecule has 2 aliphatic rings. The Bertz CT molecular complexity index is 1510. The van der Waals surface area contributed by atoms with Crippen LogP contribution in [0.3, 0.4) is 0 Å². The van der Waals surface area contributed by atoms with E-state index in [-0.39, 0.29) is 20.9 Å². The van der Waals surface area contributed by atoms with Gasteiger partial charge in [-0.2, -0.15) is 0 Å². The number of nitrogens with zero attached hydrogens (tertiary/aromatic N) is 2. The van der Waals surface area contributed by atoms with Crippen LogP contribution in [0.5, 0.6) is 5.75 Å². The SMILES string of the molecule is COc1ccccc1N1CCN(CCCNC(=O)c2cccc3c2S(=O)(=O)C(c2ccccc2)=CC3=O)CC1. The Morgan fingerprint density at radius 1 is 0.923 bits per heavy atom. The highest BCUT2D eigenvalue weighted by atomic mass is 32.2. The molecule has 1 amide bonds. The van der Waals surface area contributed by atoms with Gasteiger partial charge in [0, 0.05) is 44.4 Å². The maximum Gasteiger partial charge on any atom is 0.252 e. The summed E-state index contributed by atoms with van der Waals surface area (Å²) in [7, 11) is -2.39. The molecule has 3 aromatic rings. The van der Waals surface area contributed by atoms with Crippen molar-refractivity contribution in [2.75, 3.05) is 51.3 Å². The largest absolute Gasteiger partial charge is 0.495 e. The predicted octanol–water partition coefficient (Wildman–Crippen LogP) is 3.65. The molecule has 9 heteroatoms. The number of nitrogens with one attached hydrogen (secondary N) is 1. The Morgan fingerprint density at radius 3 is 2.38 bits per heavy atom. The van der Waals surface area contributed by atoms with Crippen LogP contribution in [0.25, 0.3) is 4.91 Å². The Balaban J connectivity index is 1.19. The van der Waals surface area contributed by atoms with Crippen LogP contribution in [0, 0.1) is 0 Å². The van der Waals surface area contributed by atoms with Crippen molar-refractivity contribution in [3.8, 4) is 5.75 Å². The molecule has 3 aromatic carbocycles. The Labute approximate surface area is 228 Å². The second kappa shape index (κ2) is 11.4. The van der Waals surface area contributed by atoms with E-state index in [2.05, 4.69) is 21.2 Å². The second-order valence-corrected chi connectivity index (χ2v) is 11.4. The normalized spacial score (nSPS) is 16.8. The molecular weight excluding hydrogens is 514 g/mol. The monoisotopic (exact) mass is 545 g/mol. The van der Waals surface area contributed by atoms with Crippen molar-refractivity contribution in [3.63, 3.8) is 0 Å². The molecule has 0 unspecified atom stereocenters. The number of para-hydroxylation sites is 2. The summed E-state index contributed by atoms with van der Waals surface area (Å²) >= 11 is 0. The summed E-state index contributed by atoms with van der Waals surface area (Å²) in [6, 6.07) is 20.9. The predicted molar refractivity (Wildman–Crippen MR) is 151 cm³/mol. The molecule has 39 heavy (non-hydrogen) atoms. The van der Waals surface area contributed by atoms with E-state index in [0.717, 1.165) is 56.7 Å². The third kappa shape index (κ3) is 5.46. The molecule has 2 heterocycles. The van der Waals surface area contributed by atoms with Crippen molar-refractivity contribution in [3.05, 3.63) is 95.6 Å². The van der Waals surface area contributed by atoms with Crippen LogP contribution < -0.4 is 15.0 Å². The molecule has 0 aromatic heterocycles. The lowest BCUT2D eigenvalue weighted by Gasteiger charge is -2.36. The summed E-state index contributed by atoms with van der Waals surface area (Å²) in [6.07, 6.45) is 1.86. The van der Waals surface area contributed by atoms with Gasteiger partial charge in [0.25, 0.3) is 5.91 Å². The Hall–Kier alpha value is -3.95. The molecule has 0 bridgehead atoms. The van der Waals surface area contributed by atoms with E-state index in [0.29, 0.717) is 12.1 Å². The van der Waals surface area contributed by atoms with Crippen LogP contribution >= 0.6 is 0 Å². The fraction of sp³-hybridized carbons (Fsp3) is 0.267. The van der Waals surface area contributed by atoms with Crippen LogP contribution in [0.4, 0.5) is 5.69 Å². The average Bonchev–Trinajstić information content (AvgIpc) is 2.97. The number of ketones is 1. The number of rotatable bonds is 8. The standard InChI is InChI=1S/C30H31N3O5S/c1-38-27-14-6-5-13-25(27)33-19-17-32(18-20-33)16-8-15-31-30(35)24-12-7-11-23-26(34)21-28(39(36,37)29(23)24)22-9-3-2-4-10-22/h2-7,9-14,21H,8,15-20H2,1H3,(H,31,35). The Morgan fingerprint density at radius 2 is 1.64 bits per heavy atom. The van der Waals surface area contributed by atoms with Gasteiger partial charge in [-0.25, -0.2) is 8.42 Å². The molecule has 1 saturated heterocycles. The number of amides is 1. The van der Waals surface area contributed by atoms with Crippen molar-refractivity contribution in [1.29, 1.82) is 0 Å². The van der Waals surface area contributed by atoms with Crippen molar-refractivity contribution in [2.45, 2.75) is 11.3 Å². The van der Waals surface area contributed by atoms with Crippen molar-refractivity contribution < 1.29 is 22.7 Å². The van der Waals surface area contributed by atoms with E-state index in [1.807, 2.05) is 18.2 Å². The van der Waals surface area contributed by atoms with Gasteiger partial charge in [0.1, 0.15) is 5.75 Å². The first-order valence-corrected chi connectivity index (χ1v) is 14.5. The average molecular weight is 546 g/mol. The summed E-state index contributed by atoms with van der Waals surface area (Å²) in [5, 5.41) is 2.86. The quantitative estimate of drug-likeness (QED) is 0.432. The molecule has 5 rings (SSSR count). The van der Waals surface area contributed by atoms with E-state index in [1.54, 1.807) is 43.5 Å². The zero-order valence-electron chi connectivity index (χ0n) is 21.8. The van der Waals surface area contributed by atoms with Gasteiger partial charge in [-0.05, 0) is 42.8 Å². The fourth-order valence-corrected chi connectivity index (χ4v) is 6.96. The van der Waals surface area contributed by atoms with Crippen LogP contribution in [0.2, 0.25) is 0 Å². The smallest absolute Gasteiger partial charge is 0.252 e. The van der Waals surface area contributed by atoms with Gasteiger partial charge in [0.05, 0.1) is 28.2 Å². The minimum Gasteiger partial charge on any atom is -0.495 e. The van der Waals surface area contributed by atoms with Crippen LogP contribution in [-0.4, -0.2) is 71.4 Å². The molecule has 0 aliphatic carbocycles. The molecule has 0 atom stereocenters. The summed E-state index contributed by atoms with van der Waals surface area (Å²) in [5.41, 5.74) is 1.53. The molecule has 2 aliphatic heterocycles. The number of methoxy groups -OCH3 is 1. The van der Waals surface area contributed by atoms with Crippen LogP contribution in [-0.2, 0) is 9.84 Å². The zero-order valence-corrected chi connectivity index (χ0v) is 22.6. The van der Waals surface area contributed by atoms with Gasteiger partial charge in [0.2, 0.25) is 9.84 Å². The minimum atomic E-state index is -4.07. The number of anilines is 1. The van der Waals surface area contributed by atoms with E-state index in [1.165, 1.54) is 12.1 Å². The molecule has 0 saturated carbocycles. The minimum absolute atomic E-state index is 0.00666. The highest BCUT2D eigenvalue weighted by molar-refractivity contribution is 8.01. The second-order valence-electron chi connectivity index (χ2n) is 9.53. The molecule has 8 nitrogen and oxygen atoms in total. The maximum absolute atomic E-state index is 13.6. The number of carbonyl (C=O) groups excluding carboxylic acids is 2. The number of allylic oxidation sites excluding steroid dienone is 1. The highest BCUT2D eigenvalue weighted by Gasteiger charge is 2.36. The van der Waals surface area contributed by atoms with Gasteiger partial charge in [-0.3, -0.25) is 14.5 Å². The summed E-state index contributed by atoms with van der Waals surface area (Å²) in [4.78, 5) is 30.3. The van der Waals surface area contributed by atoms with Gasteiger partial charge >= 0.3 is 0 Å². The molecule has 202 valence electrons. The topological polar surface area (TPSA) is 96.0 Å².